The Kier molecular flexibility index (Phi) is 8.32. The van der Waals surface area contributed by atoms with Crippen LogP contribution >= 0.6 is 27.7 Å². The molecule has 0 saturated carbocycles. The fourth-order valence-corrected chi connectivity index (χ4v) is 4.76. The van der Waals surface area contributed by atoms with Crippen LogP contribution in [0, 0.1) is 15.9 Å². The smallest absolute Gasteiger partial charge is 0.270 e. The summed E-state index contributed by atoms with van der Waals surface area (Å²) in [4.78, 5) is 36.9. The van der Waals surface area contributed by atoms with E-state index in [0.717, 1.165) is 10.5 Å². The number of non-ortho nitro benzene ring substituents is 1. The Morgan fingerprint density at radius 2 is 1.62 bits per heavy atom. The number of nitro groups is 1. The average molecular weight is 580 g/mol. The first-order valence-corrected chi connectivity index (χ1v) is 12.6. The van der Waals surface area contributed by atoms with Crippen molar-refractivity contribution >= 4 is 56.6 Å². The third-order valence-electron chi connectivity index (χ3n) is 5.21. The van der Waals surface area contributed by atoms with Gasteiger partial charge in [-0.3, -0.25) is 19.7 Å². The van der Waals surface area contributed by atoms with E-state index in [2.05, 4.69) is 26.6 Å². The molecule has 10 heteroatoms. The van der Waals surface area contributed by atoms with E-state index in [1.807, 2.05) is 30.3 Å². The topological polar surface area (TPSA) is 101 Å². The van der Waals surface area contributed by atoms with Crippen molar-refractivity contribution in [3.05, 3.63) is 129 Å². The molecule has 0 saturated heterocycles. The van der Waals surface area contributed by atoms with Gasteiger partial charge in [0.05, 0.1) is 10.6 Å². The molecule has 0 aliphatic carbocycles. The van der Waals surface area contributed by atoms with E-state index in [9.17, 15) is 24.1 Å². The van der Waals surface area contributed by atoms with Gasteiger partial charge >= 0.3 is 0 Å². The number of carbonyl (C=O) groups is 2. The molecule has 0 radical (unpaired) electrons. The molecule has 4 aromatic carbocycles. The normalized spacial score (nSPS) is 11.4. The Hall–Kier alpha value is -4.02. The van der Waals surface area contributed by atoms with Crippen molar-refractivity contribution in [3.8, 4) is 0 Å². The zero-order chi connectivity index (χ0) is 26.4. The van der Waals surface area contributed by atoms with E-state index in [1.54, 1.807) is 30.3 Å². The summed E-state index contributed by atoms with van der Waals surface area (Å²) in [6.45, 7) is 0. The second kappa shape index (κ2) is 11.8. The molecule has 1 unspecified atom stereocenters. The number of rotatable bonds is 8. The summed E-state index contributed by atoms with van der Waals surface area (Å²) in [5, 5.41) is 15.7. The second-order valence-electron chi connectivity index (χ2n) is 7.81. The van der Waals surface area contributed by atoms with E-state index in [0.29, 0.717) is 10.2 Å². The number of hydrogen-bond donors (Lipinski definition) is 2. The Balaban J connectivity index is 1.49. The van der Waals surface area contributed by atoms with Crippen LogP contribution in [-0.4, -0.2) is 16.7 Å². The Morgan fingerprint density at radius 1 is 0.892 bits per heavy atom. The number of hydrogen-bond acceptors (Lipinski definition) is 5. The van der Waals surface area contributed by atoms with Crippen LogP contribution in [0.4, 0.5) is 21.5 Å². The minimum Gasteiger partial charge on any atom is -0.322 e. The number of nitro benzene ring substituents is 1. The lowest BCUT2D eigenvalue weighted by Gasteiger charge is -2.18. The molecular formula is C27H19BrFN3O4S. The molecule has 0 aromatic heterocycles. The van der Waals surface area contributed by atoms with E-state index in [1.165, 1.54) is 48.2 Å². The lowest BCUT2D eigenvalue weighted by Crippen LogP contribution is -2.19. The van der Waals surface area contributed by atoms with Crippen molar-refractivity contribution in [2.24, 2.45) is 0 Å². The highest BCUT2D eigenvalue weighted by atomic mass is 79.9. The number of halogens is 2. The van der Waals surface area contributed by atoms with Crippen molar-refractivity contribution in [2.45, 2.75) is 10.1 Å². The molecule has 4 aromatic rings. The molecule has 0 spiro atoms. The quantitative estimate of drug-likeness (QED) is 0.130. The van der Waals surface area contributed by atoms with Gasteiger partial charge in [-0.05, 0) is 54.1 Å². The van der Waals surface area contributed by atoms with Crippen LogP contribution in [0.2, 0.25) is 0 Å². The molecule has 186 valence electrons. The third-order valence-corrected chi connectivity index (χ3v) is 6.97. The number of benzene rings is 4. The van der Waals surface area contributed by atoms with Gasteiger partial charge in [-0.15, -0.1) is 11.8 Å². The van der Waals surface area contributed by atoms with Crippen molar-refractivity contribution in [3.63, 3.8) is 0 Å². The van der Waals surface area contributed by atoms with E-state index in [4.69, 9.17) is 0 Å². The first-order chi connectivity index (χ1) is 17.8. The van der Waals surface area contributed by atoms with Crippen LogP contribution in [0.25, 0.3) is 0 Å². The third kappa shape index (κ3) is 6.81. The van der Waals surface area contributed by atoms with Gasteiger partial charge in [-0.2, -0.15) is 0 Å². The fraction of sp³-hybridized carbons (Fsp3) is 0.0370. The maximum Gasteiger partial charge on any atom is 0.270 e. The number of anilines is 2. The summed E-state index contributed by atoms with van der Waals surface area (Å²) in [7, 11) is 0. The summed E-state index contributed by atoms with van der Waals surface area (Å²) in [6.07, 6.45) is 0. The predicted molar refractivity (Wildman–Crippen MR) is 145 cm³/mol. The summed E-state index contributed by atoms with van der Waals surface area (Å²) >= 11 is 4.48. The molecule has 4 rings (SSSR count). The zero-order valence-corrected chi connectivity index (χ0v) is 21.5. The molecule has 2 amide bonds. The first kappa shape index (κ1) is 26.1. The van der Waals surface area contributed by atoms with E-state index >= 15 is 0 Å². The number of nitrogens with one attached hydrogen (secondary N) is 2. The Labute approximate surface area is 224 Å². The molecule has 2 N–H and O–H groups in total. The Morgan fingerprint density at radius 3 is 2.30 bits per heavy atom. The van der Waals surface area contributed by atoms with Crippen LogP contribution in [0.3, 0.4) is 0 Å². The minimum atomic E-state index is -0.672. The highest BCUT2D eigenvalue weighted by Crippen LogP contribution is 2.37. The van der Waals surface area contributed by atoms with Gasteiger partial charge in [0.2, 0.25) is 5.91 Å². The van der Waals surface area contributed by atoms with Gasteiger partial charge in [0.25, 0.3) is 11.6 Å². The van der Waals surface area contributed by atoms with Crippen molar-refractivity contribution in [1.82, 2.24) is 0 Å². The van der Waals surface area contributed by atoms with Crippen LogP contribution < -0.4 is 10.6 Å². The lowest BCUT2D eigenvalue weighted by atomic mass is 10.1. The van der Waals surface area contributed by atoms with Crippen LogP contribution in [0.5, 0.6) is 0 Å². The maximum absolute atomic E-state index is 14.3. The lowest BCUT2D eigenvalue weighted by molar-refractivity contribution is -0.384. The average Bonchev–Trinajstić information content (AvgIpc) is 2.90. The van der Waals surface area contributed by atoms with Crippen molar-refractivity contribution in [1.29, 1.82) is 0 Å². The van der Waals surface area contributed by atoms with Crippen LogP contribution in [0.15, 0.2) is 106 Å². The standard InChI is InChI=1S/C27H19BrFN3O4S/c28-19-9-14-24(23(29)16-19)31-27(34)25(17-5-2-1-3-6-17)37-22-12-10-20(11-13-22)30-26(33)18-7-4-8-21(15-18)32(35)36/h1-16,25H,(H,30,33)(H,31,34). The molecule has 0 bridgehead atoms. The fourth-order valence-electron chi connectivity index (χ4n) is 3.41. The minimum absolute atomic E-state index is 0.0777. The van der Waals surface area contributed by atoms with Gasteiger partial charge in [-0.25, -0.2) is 4.39 Å². The Bertz CT molecular complexity index is 1450. The molecule has 37 heavy (non-hydrogen) atoms. The van der Waals surface area contributed by atoms with Gasteiger partial charge in [0.15, 0.2) is 0 Å². The summed E-state index contributed by atoms with van der Waals surface area (Å²) in [6, 6.07) is 25.8. The molecule has 0 heterocycles. The summed E-state index contributed by atoms with van der Waals surface area (Å²) < 4.78 is 14.9. The molecule has 0 aliphatic heterocycles. The molecule has 7 nitrogen and oxygen atoms in total. The summed E-state index contributed by atoms with van der Waals surface area (Å²) in [5.74, 6) is -1.42. The molecule has 0 fully saturated rings. The van der Waals surface area contributed by atoms with Gasteiger partial charge in [0, 0.05) is 32.8 Å². The number of carbonyl (C=O) groups excluding carboxylic acids is 2. The van der Waals surface area contributed by atoms with Crippen LogP contribution in [-0.2, 0) is 4.79 Å². The molecule has 0 aliphatic rings. The SMILES string of the molecule is O=C(Nc1ccc(SC(C(=O)Nc2ccc(Br)cc2F)c2ccccc2)cc1)c1cccc([N+](=O)[O-])c1. The highest BCUT2D eigenvalue weighted by Gasteiger charge is 2.23. The van der Waals surface area contributed by atoms with Crippen molar-refractivity contribution in [2.75, 3.05) is 10.6 Å². The number of nitrogens with zero attached hydrogens (tertiary/aromatic N) is 1. The van der Waals surface area contributed by atoms with Gasteiger partial charge in [0.1, 0.15) is 11.1 Å². The van der Waals surface area contributed by atoms with Crippen LogP contribution in [0.1, 0.15) is 21.2 Å². The van der Waals surface area contributed by atoms with E-state index in [-0.39, 0.29) is 22.8 Å². The highest BCUT2D eigenvalue weighted by molar-refractivity contribution is 9.10. The second-order valence-corrected chi connectivity index (χ2v) is 9.90. The summed E-state index contributed by atoms with van der Waals surface area (Å²) in [5.41, 5.74) is 1.29. The maximum atomic E-state index is 14.3. The van der Waals surface area contributed by atoms with Gasteiger partial charge < -0.3 is 10.6 Å². The predicted octanol–water partition coefficient (Wildman–Crippen LogP) is 7.22. The molecule has 1 atom stereocenters. The van der Waals surface area contributed by atoms with Gasteiger partial charge in [-0.1, -0.05) is 52.3 Å². The number of amides is 2. The molecular weight excluding hydrogens is 561 g/mol. The zero-order valence-electron chi connectivity index (χ0n) is 19.1. The first-order valence-electron chi connectivity index (χ1n) is 10.9. The monoisotopic (exact) mass is 579 g/mol. The van der Waals surface area contributed by atoms with Crippen molar-refractivity contribution < 1.29 is 18.9 Å². The van der Waals surface area contributed by atoms with E-state index < -0.39 is 21.9 Å². The largest absolute Gasteiger partial charge is 0.322 e. The number of thioether (sulfide) groups is 1.